The minimum absolute atomic E-state index is 0.134. The normalized spacial score (nSPS) is 16.3. The van der Waals surface area contributed by atoms with E-state index in [1.807, 2.05) is 0 Å². The maximum atomic E-state index is 12.5. The quantitative estimate of drug-likeness (QED) is 0.825. The van der Waals surface area contributed by atoms with Gasteiger partial charge in [0.25, 0.3) is 5.91 Å². The third kappa shape index (κ3) is 3.25. The maximum absolute atomic E-state index is 12.5. The van der Waals surface area contributed by atoms with Gasteiger partial charge in [-0.05, 0) is 24.6 Å². The molecule has 1 aliphatic heterocycles. The van der Waals surface area contributed by atoms with Crippen LogP contribution in [0.5, 0.6) is 0 Å². The van der Waals surface area contributed by atoms with Crippen molar-refractivity contribution in [3.63, 3.8) is 0 Å². The molecule has 0 saturated carbocycles. The molecule has 1 aromatic carbocycles. The number of rotatable bonds is 3. The molecule has 1 heterocycles. The molecule has 7 heteroatoms. The van der Waals surface area contributed by atoms with Crippen LogP contribution in [0.3, 0.4) is 0 Å². The van der Waals surface area contributed by atoms with Crippen molar-refractivity contribution in [1.29, 1.82) is 0 Å². The Morgan fingerprint density at radius 3 is 2.43 bits per heavy atom. The predicted octanol–water partition coefficient (Wildman–Crippen LogP) is 0.718. The van der Waals surface area contributed by atoms with Crippen LogP contribution in [-0.4, -0.2) is 63.9 Å². The number of nitrogens with zero attached hydrogens (tertiary/aromatic N) is 2. The fourth-order valence-electron chi connectivity index (χ4n) is 2.14. The Kier molecular flexibility index (Phi) is 4.65. The minimum Gasteiger partial charge on any atom is -0.378 e. The van der Waals surface area contributed by atoms with Gasteiger partial charge in [0.15, 0.2) is 0 Å². The van der Waals surface area contributed by atoms with Crippen molar-refractivity contribution in [3.05, 3.63) is 29.3 Å². The predicted molar refractivity (Wildman–Crippen MR) is 78.8 cm³/mol. The molecule has 2 rings (SSSR count). The third-order valence-corrected chi connectivity index (χ3v) is 5.33. The number of carbonyl (C=O) groups excluding carboxylic acids is 1. The zero-order valence-corrected chi connectivity index (χ0v) is 13.3. The summed E-state index contributed by atoms with van der Waals surface area (Å²) in [5, 5.41) is 0. The van der Waals surface area contributed by atoms with Crippen LogP contribution in [0.1, 0.15) is 15.9 Å². The summed E-state index contributed by atoms with van der Waals surface area (Å²) in [7, 11) is -0.601. The second-order valence-corrected chi connectivity index (χ2v) is 7.32. The molecule has 1 fully saturated rings. The van der Waals surface area contributed by atoms with Crippen LogP contribution in [0.4, 0.5) is 0 Å². The highest BCUT2D eigenvalue weighted by atomic mass is 32.2. The van der Waals surface area contributed by atoms with E-state index in [1.165, 1.54) is 26.2 Å². The van der Waals surface area contributed by atoms with Crippen molar-refractivity contribution >= 4 is 15.9 Å². The van der Waals surface area contributed by atoms with Crippen molar-refractivity contribution in [1.82, 2.24) is 9.21 Å². The first-order valence-corrected chi connectivity index (χ1v) is 8.18. The molecule has 1 saturated heterocycles. The molecule has 0 unspecified atom stereocenters. The fraction of sp³-hybridized carbons (Fsp3) is 0.500. The highest BCUT2D eigenvalue weighted by molar-refractivity contribution is 7.89. The van der Waals surface area contributed by atoms with Crippen LogP contribution in [0.25, 0.3) is 0 Å². The molecule has 21 heavy (non-hydrogen) atoms. The number of aryl methyl sites for hydroxylation is 1. The van der Waals surface area contributed by atoms with Crippen LogP contribution < -0.4 is 0 Å². The van der Waals surface area contributed by atoms with E-state index in [1.54, 1.807) is 17.9 Å². The van der Waals surface area contributed by atoms with Gasteiger partial charge in [0.2, 0.25) is 10.0 Å². The van der Waals surface area contributed by atoms with Gasteiger partial charge >= 0.3 is 0 Å². The second-order valence-electron chi connectivity index (χ2n) is 5.17. The van der Waals surface area contributed by atoms with Gasteiger partial charge < -0.3 is 9.64 Å². The summed E-state index contributed by atoms with van der Waals surface area (Å²) in [5.41, 5.74) is 1.20. The van der Waals surface area contributed by atoms with Crippen LogP contribution >= 0.6 is 0 Å². The largest absolute Gasteiger partial charge is 0.378 e. The monoisotopic (exact) mass is 312 g/mol. The maximum Gasteiger partial charge on any atom is 0.254 e. The summed E-state index contributed by atoms with van der Waals surface area (Å²) >= 11 is 0. The van der Waals surface area contributed by atoms with Crippen molar-refractivity contribution in [2.45, 2.75) is 11.8 Å². The average molecular weight is 312 g/mol. The molecule has 1 aliphatic rings. The molecule has 0 bridgehead atoms. The summed E-state index contributed by atoms with van der Waals surface area (Å²) in [6.07, 6.45) is 0. The Bertz CT molecular complexity index is 634. The lowest BCUT2D eigenvalue weighted by Gasteiger charge is -2.27. The summed E-state index contributed by atoms with van der Waals surface area (Å²) in [4.78, 5) is 14.4. The standard InChI is InChI=1S/C14H20N2O4S/c1-11-4-5-12(21(18,19)15(2)3)10-13(11)14(17)16-6-8-20-9-7-16/h4-5,10H,6-9H2,1-3H3. The average Bonchev–Trinajstić information content (AvgIpc) is 2.47. The molecule has 6 nitrogen and oxygen atoms in total. The van der Waals surface area contributed by atoms with Gasteiger partial charge in [0.1, 0.15) is 0 Å². The van der Waals surface area contributed by atoms with E-state index in [0.29, 0.717) is 31.9 Å². The van der Waals surface area contributed by atoms with E-state index < -0.39 is 10.0 Å². The van der Waals surface area contributed by atoms with Gasteiger partial charge in [-0.1, -0.05) is 6.07 Å². The number of morpholine rings is 1. The van der Waals surface area contributed by atoms with E-state index in [4.69, 9.17) is 4.74 Å². The number of amides is 1. The molecule has 0 atom stereocenters. The van der Waals surface area contributed by atoms with Crippen molar-refractivity contribution in [2.75, 3.05) is 40.4 Å². The summed E-state index contributed by atoms with van der Waals surface area (Å²) in [5.74, 6) is -0.147. The summed E-state index contributed by atoms with van der Waals surface area (Å²) < 4.78 is 30.7. The lowest BCUT2D eigenvalue weighted by atomic mass is 10.1. The SMILES string of the molecule is Cc1ccc(S(=O)(=O)N(C)C)cc1C(=O)N1CCOCC1. The van der Waals surface area contributed by atoms with E-state index in [2.05, 4.69) is 0 Å². The molecule has 0 radical (unpaired) electrons. The first-order valence-electron chi connectivity index (χ1n) is 6.74. The molecule has 0 aromatic heterocycles. The van der Waals surface area contributed by atoms with Crippen molar-refractivity contribution in [2.24, 2.45) is 0 Å². The number of hydrogen-bond donors (Lipinski definition) is 0. The van der Waals surface area contributed by atoms with Gasteiger partial charge in [0, 0.05) is 32.7 Å². The molecule has 1 aromatic rings. The Morgan fingerprint density at radius 2 is 1.86 bits per heavy atom. The first-order chi connectivity index (χ1) is 9.84. The lowest BCUT2D eigenvalue weighted by Crippen LogP contribution is -2.41. The van der Waals surface area contributed by atoms with Crippen LogP contribution in [0, 0.1) is 6.92 Å². The minimum atomic E-state index is -3.54. The summed E-state index contributed by atoms with van der Waals surface area (Å²) in [6.45, 7) is 3.90. The number of sulfonamides is 1. The molecule has 1 amide bonds. The Morgan fingerprint density at radius 1 is 1.24 bits per heavy atom. The third-order valence-electron chi connectivity index (χ3n) is 3.52. The zero-order valence-electron chi connectivity index (χ0n) is 12.5. The molecular weight excluding hydrogens is 292 g/mol. The van der Waals surface area contributed by atoms with Gasteiger partial charge in [0.05, 0.1) is 18.1 Å². The van der Waals surface area contributed by atoms with Gasteiger partial charge in [-0.15, -0.1) is 0 Å². The van der Waals surface area contributed by atoms with Crippen molar-refractivity contribution in [3.8, 4) is 0 Å². The highest BCUT2D eigenvalue weighted by Gasteiger charge is 2.23. The van der Waals surface area contributed by atoms with Crippen molar-refractivity contribution < 1.29 is 17.9 Å². The Hall–Kier alpha value is -1.44. The summed E-state index contributed by atoms with van der Waals surface area (Å²) in [6, 6.07) is 4.66. The van der Waals surface area contributed by atoms with E-state index in [-0.39, 0.29) is 10.8 Å². The van der Waals surface area contributed by atoms with Crippen LogP contribution in [0.15, 0.2) is 23.1 Å². The topological polar surface area (TPSA) is 66.9 Å². The zero-order chi connectivity index (χ0) is 15.6. The molecule has 0 spiro atoms. The fourth-order valence-corrected chi connectivity index (χ4v) is 3.07. The molecule has 0 N–H and O–H groups in total. The highest BCUT2D eigenvalue weighted by Crippen LogP contribution is 2.20. The first kappa shape index (κ1) is 15.9. The Balaban J connectivity index is 2.37. The smallest absolute Gasteiger partial charge is 0.254 e. The van der Waals surface area contributed by atoms with E-state index in [0.717, 1.165) is 9.87 Å². The van der Waals surface area contributed by atoms with E-state index >= 15 is 0 Å². The van der Waals surface area contributed by atoms with Gasteiger partial charge in [-0.2, -0.15) is 0 Å². The Labute approximate surface area is 125 Å². The second kappa shape index (κ2) is 6.13. The number of hydrogen-bond acceptors (Lipinski definition) is 4. The lowest BCUT2D eigenvalue weighted by molar-refractivity contribution is 0.0302. The molecular formula is C14H20N2O4S. The molecule has 0 aliphatic carbocycles. The van der Waals surface area contributed by atoms with E-state index in [9.17, 15) is 13.2 Å². The van der Waals surface area contributed by atoms with Crippen LogP contribution in [-0.2, 0) is 14.8 Å². The van der Waals surface area contributed by atoms with Crippen LogP contribution in [0.2, 0.25) is 0 Å². The number of carbonyl (C=O) groups is 1. The number of ether oxygens (including phenoxy) is 1. The van der Waals surface area contributed by atoms with Gasteiger partial charge in [-0.3, -0.25) is 4.79 Å². The number of benzene rings is 1. The molecule has 116 valence electrons. The van der Waals surface area contributed by atoms with Gasteiger partial charge in [-0.25, -0.2) is 12.7 Å².